The molecule has 2 N–H and O–H groups in total. The first kappa shape index (κ1) is 12.5. The van der Waals surface area contributed by atoms with Gasteiger partial charge in [0.2, 0.25) is 5.91 Å². The third-order valence-corrected chi connectivity index (χ3v) is 3.15. The van der Waals surface area contributed by atoms with Crippen molar-refractivity contribution < 1.29 is 4.79 Å². The van der Waals surface area contributed by atoms with Gasteiger partial charge in [-0.2, -0.15) is 0 Å². The molecule has 0 aromatic carbocycles. The summed E-state index contributed by atoms with van der Waals surface area (Å²) in [4.78, 5) is 12.0. The molecule has 88 valence electrons. The van der Waals surface area contributed by atoms with Crippen LogP contribution in [0.3, 0.4) is 0 Å². The summed E-state index contributed by atoms with van der Waals surface area (Å²) in [7, 11) is 0. The molecule has 1 saturated heterocycles. The molecule has 2 unspecified atom stereocenters. The van der Waals surface area contributed by atoms with Crippen LogP contribution in [-0.2, 0) is 4.79 Å². The van der Waals surface area contributed by atoms with E-state index in [1.807, 2.05) is 0 Å². The molecule has 1 heterocycles. The molecular formula is C12H24N2O. The van der Waals surface area contributed by atoms with Crippen molar-refractivity contribution in [3.05, 3.63) is 0 Å². The fourth-order valence-electron chi connectivity index (χ4n) is 2.28. The molecule has 0 spiro atoms. The highest BCUT2D eigenvalue weighted by Gasteiger charge is 2.31. The third kappa shape index (κ3) is 3.49. The van der Waals surface area contributed by atoms with Crippen molar-refractivity contribution in [2.45, 2.75) is 58.5 Å². The quantitative estimate of drug-likeness (QED) is 0.744. The topological polar surface area (TPSA) is 41.1 Å². The summed E-state index contributed by atoms with van der Waals surface area (Å²) in [6.07, 6.45) is 3.23. The van der Waals surface area contributed by atoms with Crippen LogP contribution in [0.15, 0.2) is 0 Å². The maximum Gasteiger partial charge on any atom is 0.237 e. The first-order valence-corrected chi connectivity index (χ1v) is 6.01. The summed E-state index contributed by atoms with van der Waals surface area (Å²) in [5.41, 5.74) is -0.0736. The van der Waals surface area contributed by atoms with E-state index in [2.05, 4.69) is 38.3 Å². The van der Waals surface area contributed by atoms with Gasteiger partial charge in [0.15, 0.2) is 0 Å². The van der Waals surface area contributed by atoms with Crippen molar-refractivity contribution in [3.63, 3.8) is 0 Å². The van der Waals surface area contributed by atoms with Crippen molar-refractivity contribution >= 4 is 5.91 Å². The molecule has 0 bridgehead atoms. The summed E-state index contributed by atoms with van der Waals surface area (Å²) in [5, 5.41) is 6.39. The van der Waals surface area contributed by atoms with Gasteiger partial charge in [0.05, 0.1) is 6.04 Å². The Morgan fingerprint density at radius 2 is 2.20 bits per heavy atom. The number of carbonyl (C=O) groups is 1. The van der Waals surface area contributed by atoms with Crippen LogP contribution in [0.2, 0.25) is 0 Å². The second-order valence-corrected chi connectivity index (χ2v) is 5.32. The predicted molar refractivity (Wildman–Crippen MR) is 62.7 cm³/mol. The summed E-state index contributed by atoms with van der Waals surface area (Å²) in [6.45, 7) is 9.43. The molecule has 1 aliphatic heterocycles. The molecule has 0 aliphatic carbocycles. The lowest BCUT2D eigenvalue weighted by molar-refractivity contribution is -0.125. The fourth-order valence-corrected chi connectivity index (χ4v) is 2.28. The number of hydrogen-bond donors (Lipinski definition) is 2. The minimum atomic E-state index is -0.0736. The van der Waals surface area contributed by atoms with Crippen LogP contribution >= 0.6 is 0 Å². The van der Waals surface area contributed by atoms with Gasteiger partial charge in [-0.25, -0.2) is 0 Å². The second kappa shape index (κ2) is 4.97. The molecule has 1 amide bonds. The van der Waals surface area contributed by atoms with Gasteiger partial charge in [-0.05, 0) is 39.2 Å². The lowest BCUT2D eigenvalue weighted by atomic mass is 9.96. The standard InChI is InChI=1S/C12H24N2O/c1-5-7-12(3,4)14-11(15)10-9(2)6-8-13-10/h9-10,13H,5-8H2,1-4H3,(H,14,15). The van der Waals surface area contributed by atoms with Gasteiger partial charge in [0, 0.05) is 5.54 Å². The summed E-state index contributed by atoms with van der Waals surface area (Å²) >= 11 is 0. The Bertz CT molecular complexity index is 226. The normalized spacial score (nSPS) is 26.7. The zero-order valence-corrected chi connectivity index (χ0v) is 10.4. The van der Waals surface area contributed by atoms with E-state index in [0.717, 1.165) is 25.8 Å². The summed E-state index contributed by atoms with van der Waals surface area (Å²) in [5.74, 6) is 0.626. The van der Waals surface area contributed by atoms with E-state index in [1.165, 1.54) is 0 Å². The monoisotopic (exact) mass is 212 g/mol. The number of nitrogens with one attached hydrogen (secondary N) is 2. The van der Waals surface area contributed by atoms with Crippen molar-refractivity contribution in [1.29, 1.82) is 0 Å². The van der Waals surface area contributed by atoms with E-state index in [1.54, 1.807) is 0 Å². The summed E-state index contributed by atoms with van der Waals surface area (Å²) in [6, 6.07) is 0.0149. The fraction of sp³-hybridized carbons (Fsp3) is 0.917. The highest BCUT2D eigenvalue weighted by atomic mass is 16.2. The van der Waals surface area contributed by atoms with Crippen LogP contribution in [-0.4, -0.2) is 24.0 Å². The van der Waals surface area contributed by atoms with E-state index in [0.29, 0.717) is 5.92 Å². The van der Waals surface area contributed by atoms with Gasteiger partial charge in [-0.1, -0.05) is 20.3 Å². The molecule has 0 aromatic rings. The van der Waals surface area contributed by atoms with Crippen molar-refractivity contribution in [1.82, 2.24) is 10.6 Å². The van der Waals surface area contributed by atoms with E-state index in [4.69, 9.17) is 0 Å². The molecule has 1 fully saturated rings. The molecule has 1 rings (SSSR count). The highest BCUT2D eigenvalue weighted by Crippen LogP contribution is 2.17. The maximum atomic E-state index is 12.0. The Kier molecular flexibility index (Phi) is 4.14. The van der Waals surface area contributed by atoms with Gasteiger partial charge in [-0.15, -0.1) is 0 Å². The smallest absolute Gasteiger partial charge is 0.237 e. The number of carbonyl (C=O) groups excluding carboxylic acids is 1. The van der Waals surface area contributed by atoms with Crippen LogP contribution in [0, 0.1) is 5.92 Å². The van der Waals surface area contributed by atoms with Gasteiger partial charge in [-0.3, -0.25) is 4.79 Å². The highest BCUT2D eigenvalue weighted by molar-refractivity contribution is 5.83. The SMILES string of the molecule is CCCC(C)(C)NC(=O)C1NCCC1C. The average Bonchev–Trinajstić information content (AvgIpc) is 2.50. The van der Waals surface area contributed by atoms with Crippen molar-refractivity contribution in [2.24, 2.45) is 5.92 Å². The Morgan fingerprint density at radius 1 is 1.53 bits per heavy atom. The van der Waals surface area contributed by atoms with E-state index >= 15 is 0 Å². The van der Waals surface area contributed by atoms with Gasteiger partial charge in [0.1, 0.15) is 0 Å². The second-order valence-electron chi connectivity index (χ2n) is 5.32. The molecule has 3 heteroatoms. The predicted octanol–water partition coefficient (Wildman–Crippen LogP) is 1.68. The lowest BCUT2D eigenvalue weighted by Gasteiger charge is -2.28. The van der Waals surface area contributed by atoms with E-state index in [9.17, 15) is 4.79 Å². The Balaban J connectivity index is 2.47. The molecule has 0 radical (unpaired) electrons. The molecule has 2 atom stereocenters. The molecule has 0 aromatic heterocycles. The molecule has 1 aliphatic rings. The van der Waals surface area contributed by atoms with Crippen LogP contribution in [0.4, 0.5) is 0 Å². The zero-order chi connectivity index (χ0) is 11.5. The Labute approximate surface area is 93.0 Å². The minimum Gasteiger partial charge on any atom is -0.350 e. The zero-order valence-electron chi connectivity index (χ0n) is 10.4. The molecule has 15 heavy (non-hydrogen) atoms. The number of rotatable bonds is 4. The van der Waals surface area contributed by atoms with E-state index < -0.39 is 0 Å². The lowest BCUT2D eigenvalue weighted by Crippen LogP contribution is -2.51. The summed E-state index contributed by atoms with van der Waals surface area (Å²) < 4.78 is 0. The minimum absolute atomic E-state index is 0.0149. The first-order valence-electron chi connectivity index (χ1n) is 6.01. The number of hydrogen-bond acceptors (Lipinski definition) is 2. The third-order valence-electron chi connectivity index (χ3n) is 3.15. The van der Waals surface area contributed by atoms with Gasteiger partial charge in [0.25, 0.3) is 0 Å². The van der Waals surface area contributed by atoms with Crippen LogP contribution < -0.4 is 10.6 Å². The maximum absolute atomic E-state index is 12.0. The molecule has 0 saturated carbocycles. The van der Waals surface area contributed by atoms with Crippen molar-refractivity contribution in [3.8, 4) is 0 Å². The average molecular weight is 212 g/mol. The first-order chi connectivity index (χ1) is 6.96. The van der Waals surface area contributed by atoms with Gasteiger partial charge < -0.3 is 10.6 Å². The Morgan fingerprint density at radius 3 is 2.67 bits per heavy atom. The Hall–Kier alpha value is -0.570. The van der Waals surface area contributed by atoms with Gasteiger partial charge >= 0.3 is 0 Å². The van der Waals surface area contributed by atoms with Crippen LogP contribution in [0.1, 0.15) is 47.0 Å². The molecule has 3 nitrogen and oxygen atoms in total. The van der Waals surface area contributed by atoms with Crippen LogP contribution in [0.5, 0.6) is 0 Å². The van der Waals surface area contributed by atoms with Crippen molar-refractivity contribution in [2.75, 3.05) is 6.54 Å². The largest absolute Gasteiger partial charge is 0.350 e. The number of amides is 1. The van der Waals surface area contributed by atoms with Crippen LogP contribution in [0.25, 0.3) is 0 Å². The van der Waals surface area contributed by atoms with E-state index in [-0.39, 0.29) is 17.5 Å². The molecular weight excluding hydrogens is 188 g/mol.